The predicted octanol–water partition coefficient (Wildman–Crippen LogP) is 3.06. The van der Waals surface area contributed by atoms with Crippen LogP contribution in [0.1, 0.15) is 58.8 Å². The van der Waals surface area contributed by atoms with E-state index >= 15 is 0 Å². The fourth-order valence-corrected chi connectivity index (χ4v) is 6.38. The van der Waals surface area contributed by atoms with Crippen molar-refractivity contribution in [3.05, 3.63) is 11.6 Å². The number of hydrogen-bond acceptors (Lipinski definition) is 3. The molecule has 1 unspecified atom stereocenters. The molecule has 3 nitrogen and oxygen atoms in total. The summed E-state index contributed by atoms with van der Waals surface area (Å²) < 4.78 is 0. The number of aliphatic hydroxyl groups excluding tert-OH is 1. The maximum absolute atomic E-state index is 12.6. The van der Waals surface area contributed by atoms with Crippen molar-refractivity contribution in [2.75, 3.05) is 0 Å². The predicted molar refractivity (Wildman–Crippen MR) is 83.1 cm³/mol. The van der Waals surface area contributed by atoms with E-state index in [0.717, 1.165) is 25.7 Å². The van der Waals surface area contributed by atoms with Gasteiger partial charge >= 0.3 is 0 Å². The number of carbonyl (C=O) groups excluding carboxylic acids is 2. The van der Waals surface area contributed by atoms with Gasteiger partial charge in [-0.1, -0.05) is 25.5 Å². The monoisotopic (exact) mass is 302 g/mol. The Morgan fingerprint density at radius 2 is 1.91 bits per heavy atom. The first-order chi connectivity index (χ1) is 10.4. The van der Waals surface area contributed by atoms with Gasteiger partial charge in [0.25, 0.3) is 0 Å². The van der Waals surface area contributed by atoms with Gasteiger partial charge in [-0.15, -0.1) is 0 Å². The van der Waals surface area contributed by atoms with E-state index in [1.54, 1.807) is 5.57 Å². The van der Waals surface area contributed by atoms with Gasteiger partial charge in [0.1, 0.15) is 6.10 Å². The van der Waals surface area contributed by atoms with E-state index in [1.165, 1.54) is 19.3 Å². The molecule has 0 saturated heterocycles. The SMILES string of the molecule is C[C@]12CCCC=C1CC[C@@H]1[C@@H]2CC[C@]2(C)C(O)C(=O)C(=O)[C@@H]12. The summed E-state index contributed by atoms with van der Waals surface area (Å²) in [5.74, 6) is -0.255. The van der Waals surface area contributed by atoms with Gasteiger partial charge in [-0.25, -0.2) is 0 Å². The minimum Gasteiger partial charge on any atom is -0.384 e. The van der Waals surface area contributed by atoms with Crippen LogP contribution in [0.2, 0.25) is 0 Å². The van der Waals surface area contributed by atoms with Gasteiger partial charge in [-0.3, -0.25) is 9.59 Å². The van der Waals surface area contributed by atoms with E-state index in [1.807, 2.05) is 6.92 Å². The summed E-state index contributed by atoms with van der Waals surface area (Å²) in [4.78, 5) is 24.7. The highest BCUT2D eigenvalue weighted by Crippen LogP contribution is 2.64. The quantitative estimate of drug-likeness (QED) is 0.553. The Balaban J connectivity index is 1.75. The molecule has 0 spiro atoms. The van der Waals surface area contributed by atoms with Crippen LogP contribution in [0.25, 0.3) is 0 Å². The highest BCUT2D eigenvalue weighted by atomic mass is 16.3. The zero-order valence-corrected chi connectivity index (χ0v) is 13.6. The Hall–Kier alpha value is -0.960. The number of aliphatic hydroxyl groups is 1. The molecule has 6 atom stereocenters. The molecule has 4 aliphatic rings. The molecular formula is C19H26O3. The van der Waals surface area contributed by atoms with Crippen molar-refractivity contribution in [2.24, 2.45) is 28.6 Å². The zero-order chi connectivity index (χ0) is 15.7. The van der Waals surface area contributed by atoms with Crippen molar-refractivity contribution in [3.63, 3.8) is 0 Å². The average molecular weight is 302 g/mol. The van der Waals surface area contributed by atoms with Crippen molar-refractivity contribution in [3.8, 4) is 0 Å². The van der Waals surface area contributed by atoms with E-state index in [9.17, 15) is 14.7 Å². The van der Waals surface area contributed by atoms with Crippen LogP contribution in [0, 0.1) is 28.6 Å². The van der Waals surface area contributed by atoms with Crippen LogP contribution in [0.3, 0.4) is 0 Å². The molecule has 0 aromatic heterocycles. The minimum atomic E-state index is -1.07. The number of fused-ring (bicyclic) bond motifs is 5. The van der Waals surface area contributed by atoms with E-state index in [4.69, 9.17) is 0 Å². The second-order valence-corrected chi connectivity index (χ2v) is 8.50. The Kier molecular flexibility index (Phi) is 3.01. The maximum Gasteiger partial charge on any atom is 0.227 e. The summed E-state index contributed by atoms with van der Waals surface area (Å²) in [6, 6.07) is 0. The van der Waals surface area contributed by atoms with E-state index in [0.29, 0.717) is 5.92 Å². The first-order valence-corrected chi connectivity index (χ1v) is 8.85. The highest BCUT2D eigenvalue weighted by molar-refractivity contribution is 6.42. The Morgan fingerprint density at radius 1 is 1.14 bits per heavy atom. The van der Waals surface area contributed by atoms with E-state index < -0.39 is 17.3 Å². The van der Waals surface area contributed by atoms with Gasteiger partial charge in [-0.05, 0) is 62.2 Å². The molecule has 120 valence electrons. The maximum atomic E-state index is 12.6. The van der Waals surface area contributed by atoms with Crippen LogP contribution in [-0.4, -0.2) is 22.8 Å². The molecule has 0 heterocycles. The zero-order valence-electron chi connectivity index (χ0n) is 13.6. The minimum absolute atomic E-state index is 0.222. The summed E-state index contributed by atoms with van der Waals surface area (Å²) in [6.07, 6.45) is 8.95. The number of allylic oxidation sites excluding steroid dienone is 2. The van der Waals surface area contributed by atoms with E-state index in [2.05, 4.69) is 13.0 Å². The smallest absolute Gasteiger partial charge is 0.227 e. The molecule has 0 amide bonds. The molecular weight excluding hydrogens is 276 g/mol. The fraction of sp³-hybridized carbons (Fsp3) is 0.789. The van der Waals surface area contributed by atoms with Crippen molar-refractivity contribution in [1.82, 2.24) is 0 Å². The molecule has 3 heteroatoms. The third-order valence-electron chi connectivity index (χ3n) is 7.64. The molecule has 1 N–H and O–H groups in total. The standard InChI is InChI=1S/C19H26O3/c1-18-9-4-3-5-11(18)6-7-12-13(18)8-10-19(2)14(12)15(20)16(21)17(19)22/h5,12-14,17,22H,3-4,6-10H2,1-2H3/t12-,13+,14-,17?,18+,19+/m1/s1. The molecule has 4 rings (SSSR count). The topological polar surface area (TPSA) is 54.4 Å². The first-order valence-electron chi connectivity index (χ1n) is 8.85. The molecule has 3 saturated carbocycles. The Labute approximate surface area is 132 Å². The van der Waals surface area contributed by atoms with Gasteiger partial charge < -0.3 is 5.11 Å². The summed E-state index contributed by atoms with van der Waals surface area (Å²) in [6.45, 7) is 4.35. The molecule has 0 aliphatic heterocycles. The number of Topliss-reactive ketones (excluding diaryl/α,β-unsaturated/α-hetero) is 2. The number of carbonyl (C=O) groups is 2. The van der Waals surface area contributed by atoms with Gasteiger partial charge in [0.05, 0.1) is 0 Å². The van der Waals surface area contributed by atoms with E-state index in [-0.39, 0.29) is 23.0 Å². The lowest BCUT2D eigenvalue weighted by Gasteiger charge is -2.56. The third kappa shape index (κ3) is 1.61. The molecule has 4 aliphatic carbocycles. The molecule has 22 heavy (non-hydrogen) atoms. The van der Waals surface area contributed by atoms with Crippen molar-refractivity contribution in [1.29, 1.82) is 0 Å². The summed E-state index contributed by atoms with van der Waals surface area (Å²) in [5, 5.41) is 10.3. The van der Waals surface area contributed by atoms with Crippen molar-refractivity contribution in [2.45, 2.75) is 64.9 Å². The van der Waals surface area contributed by atoms with Crippen LogP contribution in [0.15, 0.2) is 11.6 Å². The summed E-state index contributed by atoms with van der Waals surface area (Å²) in [5.41, 5.74) is 1.31. The normalized spacial score (nSPS) is 51.0. The lowest BCUT2D eigenvalue weighted by atomic mass is 9.47. The Morgan fingerprint density at radius 3 is 2.68 bits per heavy atom. The van der Waals surface area contributed by atoms with Crippen LogP contribution in [0.5, 0.6) is 0 Å². The Bertz CT molecular complexity index is 577. The van der Waals surface area contributed by atoms with Gasteiger partial charge in [0.15, 0.2) is 0 Å². The lowest BCUT2D eigenvalue weighted by molar-refractivity contribution is -0.140. The first kappa shape index (κ1) is 14.6. The summed E-state index contributed by atoms with van der Waals surface area (Å²) in [7, 11) is 0. The number of ketones is 2. The molecule has 0 radical (unpaired) electrons. The molecule has 3 fully saturated rings. The summed E-state index contributed by atoms with van der Waals surface area (Å²) >= 11 is 0. The number of rotatable bonds is 0. The number of hydrogen-bond donors (Lipinski definition) is 1. The van der Waals surface area contributed by atoms with Crippen LogP contribution in [-0.2, 0) is 9.59 Å². The highest BCUT2D eigenvalue weighted by Gasteiger charge is 2.64. The van der Waals surface area contributed by atoms with Gasteiger partial charge in [-0.2, -0.15) is 0 Å². The van der Waals surface area contributed by atoms with Crippen molar-refractivity contribution >= 4 is 11.6 Å². The third-order valence-corrected chi connectivity index (χ3v) is 7.64. The molecule has 0 aromatic rings. The van der Waals surface area contributed by atoms with Crippen molar-refractivity contribution < 1.29 is 14.7 Å². The lowest BCUT2D eigenvalue weighted by Crippen LogP contribution is -2.52. The second kappa shape index (κ2) is 4.53. The van der Waals surface area contributed by atoms with Gasteiger partial charge in [0.2, 0.25) is 11.6 Å². The largest absolute Gasteiger partial charge is 0.384 e. The second-order valence-electron chi connectivity index (χ2n) is 8.50. The fourth-order valence-electron chi connectivity index (χ4n) is 6.38. The molecule has 0 bridgehead atoms. The van der Waals surface area contributed by atoms with Crippen LogP contribution < -0.4 is 0 Å². The van der Waals surface area contributed by atoms with Crippen LogP contribution in [0.4, 0.5) is 0 Å². The average Bonchev–Trinajstić information content (AvgIpc) is 2.68. The molecule has 0 aromatic carbocycles. The van der Waals surface area contributed by atoms with Gasteiger partial charge in [0, 0.05) is 11.3 Å². The van der Waals surface area contributed by atoms with Crippen LogP contribution >= 0.6 is 0 Å².